The van der Waals surface area contributed by atoms with Gasteiger partial charge in [-0.15, -0.1) is 0 Å². The number of benzene rings is 2. The Morgan fingerprint density at radius 3 is 2.39 bits per heavy atom. The minimum Gasteiger partial charge on any atom is -0.369 e. The number of nitrogens with two attached hydrogens (primary N) is 1. The van der Waals surface area contributed by atoms with Crippen molar-refractivity contribution in [1.82, 2.24) is 14.9 Å². The molecule has 10 heteroatoms. The van der Waals surface area contributed by atoms with Crippen molar-refractivity contribution in [2.75, 3.05) is 48.8 Å². The maximum Gasteiger partial charge on any atom is 0.238 e. The van der Waals surface area contributed by atoms with Crippen LogP contribution in [0.5, 0.6) is 0 Å². The molecule has 4 rings (SSSR count). The van der Waals surface area contributed by atoms with E-state index in [1.54, 1.807) is 24.4 Å². The van der Waals surface area contributed by atoms with Gasteiger partial charge in [-0.3, -0.25) is 0 Å². The fourth-order valence-electron chi connectivity index (χ4n) is 3.34. The van der Waals surface area contributed by atoms with Crippen molar-refractivity contribution in [2.45, 2.75) is 4.90 Å². The molecule has 1 aliphatic heterocycles. The lowest BCUT2D eigenvalue weighted by Crippen LogP contribution is -2.44. The van der Waals surface area contributed by atoms with Crippen LogP contribution < -0.4 is 20.7 Å². The molecule has 162 valence electrons. The van der Waals surface area contributed by atoms with Gasteiger partial charge in [0.1, 0.15) is 5.82 Å². The van der Waals surface area contributed by atoms with E-state index in [1.807, 2.05) is 12.1 Å². The summed E-state index contributed by atoms with van der Waals surface area (Å²) >= 11 is 0. The Morgan fingerprint density at radius 1 is 0.935 bits per heavy atom. The van der Waals surface area contributed by atoms with E-state index < -0.39 is 10.0 Å². The lowest BCUT2D eigenvalue weighted by molar-refractivity contribution is 0.313. The second-order valence-corrected chi connectivity index (χ2v) is 8.99. The van der Waals surface area contributed by atoms with Gasteiger partial charge in [-0.2, -0.15) is 4.98 Å². The zero-order valence-corrected chi connectivity index (χ0v) is 18.0. The monoisotopic (exact) mass is 439 g/mol. The van der Waals surface area contributed by atoms with Crippen LogP contribution in [0.2, 0.25) is 0 Å². The number of piperazine rings is 1. The molecule has 4 N–H and O–H groups in total. The van der Waals surface area contributed by atoms with Gasteiger partial charge in [0, 0.05) is 49.4 Å². The molecule has 0 amide bonds. The van der Waals surface area contributed by atoms with Crippen molar-refractivity contribution < 1.29 is 8.42 Å². The highest BCUT2D eigenvalue weighted by molar-refractivity contribution is 7.89. The summed E-state index contributed by atoms with van der Waals surface area (Å²) in [4.78, 5) is 13.4. The summed E-state index contributed by atoms with van der Waals surface area (Å²) in [6, 6.07) is 16.2. The number of hydrogen-bond acceptors (Lipinski definition) is 8. The van der Waals surface area contributed by atoms with Crippen molar-refractivity contribution in [3.8, 4) is 0 Å². The van der Waals surface area contributed by atoms with Gasteiger partial charge in [0.2, 0.25) is 16.0 Å². The number of rotatable bonds is 6. The first kappa shape index (κ1) is 21.0. The number of sulfonamides is 1. The van der Waals surface area contributed by atoms with Crippen LogP contribution in [0.3, 0.4) is 0 Å². The van der Waals surface area contributed by atoms with E-state index >= 15 is 0 Å². The van der Waals surface area contributed by atoms with Crippen LogP contribution in [0, 0.1) is 0 Å². The first-order valence-electron chi connectivity index (χ1n) is 9.90. The molecule has 3 aromatic rings. The molecular formula is C21H25N7O2S. The van der Waals surface area contributed by atoms with Crippen molar-refractivity contribution >= 4 is 38.9 Å². The van der Waals surface area contributed by atoms with Crippen molar-refractivity contribution in [3.05, 3.63) is 60.8 Å². The Labute approximate surface area is 182 Å². The van der Waals surface area contributed by atoms with Gasteiger partial charge in [0.15, 0.2) is 0 Å². The highest BCUT2D eigenvalue weighted by atomic mass is 32.2. The maximum absolute atomic E-state index is 11.5. The van der Waals surface area contributed by atoms with E-state index in [0.717, 1.165) is 31.9 Å². The van der Waals surface area contributed by atoms with Gasteiger partial charge in [-0.25, -0.2) is 18.5 Å². The Morgan fingerprint density at radius 2 is 1.68 bits per heavy atom. The number of hydrogen-bond donors (Lipinski definition) is 3. The van der Waals surface area contributed by atoms with E-state index in [4.69, 9.17) is 5.14 Å². The quantitative estimate of drug-likeness (QED) is 0.536. The average Bonchev–Trinajstić information content (AvgIpc) is 2.75. The highest BCUT2D eigenvalue weighted by Gasteiger charge is 2.14. The first-order valence-corrected chi connectivity index (χ1v) is 11.4. The van der Waals surface area contributed by atoms with E-state index in [0.29, 0.717) is 17.5 Å². The molecular weight excluding hydrogens is 414 g/mol. The molecule has 1 aliphatic rings. The van der Waals surface area contributed by atoms with Crippen LogP contribution in [0.1, 0.15) is 0 Å². The smallest absolute Gasteiger partial charge is 0.238 e. The lowest BCUT2D eigenvalue weighted by atomic mass is 10.2. The summed E-state index contributed by atoms with van der Waals surface area (Å²) in [6.07, 6.45) is 1.62. The fourth-order valence-corrected chi connectivity index (χ4v) is 3.90. The zero-order valence-electron chi connectivity index (χ0n) is 17.2. The number of aromatic nitrogens is 2. The molecule has 0 radical (unpaired) electrons. The van der Waals surface area contributed by atoms with Crippen molar-refractivity contribution in [3.63, 3.8) is 0 Å². The minimum atomic E-state index is -3.77. The Bertz CT molecular complexity index is 1140. The molecule has 2 heterocycles. The minimum absolute atomic E-state index is 0.0327. The molecule has 0 aliphatic carbocycles. The Kier molecular flexibility index (Phi) is 6.03. The highest BCUT2D eigenvalue weighted by Crippen LogP contribution is 2.22. The number of primary sulfonamides is 1. The molecule has 0 unspecified atom stereocenters. The molecule has 1 fully saturated rings. The molecule has 0 bridgehead atoms. The SMILES string of the molecule is CN1CCN(c2ccc(Nc3nccc(Nc4cccc(S(N)(=O)=O)c4)n3)cc2)CC1. The first-order chi connectivity index (χ1) is 14.9. The summed E-state index contributed by atoms with van der Waals surface area (Å²) in [5.41, 5.74) is 2.64. The van der Waals surface area contributed by atoms with Gasteiger partial charge < -0.3 is 20.4 Å². The lowest BCUT2D eigenvalue weighted by Gasteiger charge is -2.34. The summed E-state index contributed by atoms with van der Waals surface area (Å²) < 4.78 is 23.1. The van der Waals surface area contributed by atoms with E-state index in [2.05, 4.69) is 49.6 Å². The van der Waals surface area contributed by atoms with Gasteiger partial charge >= 0.3 is 0 Å². The number of nitrogens with one attached hydrogen (secondary N) is 2. The topological polar surface area (TPSA) is 116 Å². The maximum atomic E-state index is 11.5. The molecule has 2 aromatic carbocycles. The van der Waals surface area contributed by atoms with Crippen LogP contribution in [-0.4, -0.2) is 56.5 Å². The number of likely N-dealkylation sites (N-methyl/N-ethyl adjacent to an activating group) is 1. The van der Waals surface area contributed by atoms with Crippen molar-refractivity contribution in [2.24, 2.45) is 5.14 Å². The number of anilines is 5. The third-order valence-corrected chi connectivity index (χ3v) is 5.99. The van der Waals surface area contributed by atoms with Crippen LogP contribution >= 0.6 is 0 Å². The molecule has 0 saturated carbocycles. The summed E-state index contributed by atoms with van der Waals surface area (Å²) in [7, 11) is -1.63. The average molecular weight is 440 g/mol. The second kappa shape index (κ2) is 8.88. The molecule has 0 atom stereocenters. The summed E-state index contributed by atoms with van der Waals surface area (Å²) in [5.74, 6) is 0.957. The third kappa shape index (κ3) is 5.48. The Hall–Kier alpha value is -3.21. The molecule has 31 heavy (non-hydrogen) atoms. The van der Waals surface area contributed by atoms with Crippen molar-refractivity contribution in [1.29, 1.82) is 0 Å². The summed E-state index contributed by atoms with van der Waals surface area (Å²) in [6.45, 7) is 4.17. The van der Waals surface area contributed by atoms with Crippen LogP contribution in [-0.2, 0) is 10.0 Å². The van der Waals surface area contributed by atoms with E-state index in [9.17, 15) is 8.42 Å². The Balaban J connectivity index is 1.43. The van der Waals surface area contributed by atoms with Crippen LogP contribution in [0.25, 0.3) is 0 Å². The van der Waals surface area contributed by atoms with E-state index in [-0.39, 0.29) is 4.90 Å². The third-order valence-electron chi connectivity index (χ3n) is 5.08. The van der Waals surface area contributed by atoms with Crippen LogP contribution in [0.15, 0.2) is 65.7 Å². The predicted molar refractivity (Wildman–Crippen MR) is 123 cm³/mol. The molecule has 9 nitrogen and oxygen atoms in total. The zero-order chi connectivity index (χ0) is 21.8. The van der Waals surface area contributed by atoms with Crippen LogP contribution in [0.4, 0.5) is 28.8 Å². The second-order valence-electron chi connectivity index (χ2n) is 7.43. The largest absolute Gasteiger partial charge is 0.369 e. The van der Waals surface area contributed by atoms with Gasteiger partial charge in [0.05, 0.1) is 4.90 Å². The van der Waals surface area contributed by atoms with Gasteiger partial charge in [-0.1, -0.05) is 6.07 Å². The fraction of sp³-hybridized carbons (Fsp3) is 0.238. The van der Waals surface area contributed by atoms with Gasteiger partial charge in [-0.05, 0) is 55.6 Å². The standard InChI is InChI=1S/C21H25N7O2S/c1-27-11-13-28(14-12-27)18-7-5-16(6-8-18)25-21-23-10-9-20(26-21)24-17-3-2-4-19(15-17)31(22,29)30/h2-10,15H,11-14H2,1H3,(H2,22,29,30)(H2,23,24,25,26). The normalized spacial score (nSPS) is 15.0. The molecule has 1 aromatic heterocycles. The molecule has 0 spiro atoms. The number of nitrogens with zero attached hydrogens (tertiary/aromatic N) is 4. The van der Waals surface area contributed by atoms with Gasteiger partial charge in [0.25, 0.3) is 0 Å². The predicted octanol–water partition coefficient (Wildman–Crippen LogP) is 2.36. The molecule has 1 saturated heterocycles. The summed E-state index contributed by atoms with van der Waals surface area (Å²) in [5, 5.41) is 11.5. The van der Waals surface area contributed by atoms with E-state index in [1.165, 1.54) is 17.8 Å².